The number of aliphatic hydroxyl groups is 2. The van der Waals surface area contributed by atoms with Gasteiger partial charge in [0.05, 0.1) is 12.2 Å². The molecule has 0 aromatic carbocycles. The van der Waals surface area contributed by atoms with Gasteiger partial charge in [-0.15, -0.1) is 0 Å². The van der Waals surface area contributed by atoms with E-state index >= 15 is 0 Å². The maximum Gasteiger partial charge on any atom is 0.127 e. The largest absolute Gasteiger partial charge is 0.393 e. The second kappa shape index (κ2) is 4.80. The summed E-state index contributed by atoms with van der Waals surface area (Å²) >= 11 is 0. The van der Waals surface area contributed by atoms with E-state index in [9.17, 15) is 14.6 Å². The fourth-order valence-corrected chi connectivity index (χ4v) is 6.78. The number of fused-ring (bicyclic) bond motifs is 5. The molecular weight excluding hydrogens is 279 g/mol. The summed E-state index contributed by atoms with van der Waals surface area (Å²) in [6.07, 6.45) is 6.80. The van der Waals surface area contributed by atoms with Crippen molar-refractivity contribution in [2.75, 3.05) is 0 Å². The Bertz CT molecular complexity index is 504. The number of hydrogen-bond donors (Lipinski definition) is 2. The quantitative estimate of drug-likeness (QED) is 0.671. The number of allylic oxidation sites excluding steroid dienone is 2. The minimum atomic E-state index is -1.12. The van der Waals surface area contributed by atoms with E-state index in [1.165, 1.54) is 24.8 Å². The Hall–Kier alpha value is -0.410. The van der Waals surface area contributed by atoms with Crippen molar-refractivity contribution in [1.29, 1.82) is 0 Å². The van der Waals surface area contributed by atoms with Crippen molar-refractivity contribution in [1.82, 2.24) is 0 Å². The Balaban J connectivity index is 1.75. The predicted molar refractivity (Wildman–Crippen MR) is 84.0 cm³/mol. The number of hydrogen-bond acceptors (Lipinski definition) is 2. The first-order valence-corrected chi connectivity index (χ1v) is 9.07. The van der Waals surface area contributed by atoms with Gasteiger partial charge in [0.1, 0.15) is 6.17 Å². The molecular formula is C19H29FO2. The first kappa shape index (κ1) is 15.1. The molecule has 8 atom stereocenters. The predicted octanol–water partition coefficient (Wildman–Crippen LogP) is 3.62. The molecule has 3 heteroatoms. The Morgan fingerprint density at radius 2 is 2.00 bits per heavy atom. The van der Waals surface area contributed by atoms with E-state index in [2.05, 4.69) is 13.0 Å². The van der Waals surface area contributed by atoms with Crippen LogP contribution in [0.4, 0.5) is 4.39 Å². The van der Waals surface area contributed by atoms with Gasteiger partial charge in [0.25, 0.3) is 0 Å². The zero-order chi connectivity index (χ0) is 15.7. The third kappa shape index (κ3) is 1.78. The normalized spacial score (nSPS) is 57.6. The van der Waals surface area contributed by atoms with Crippen molar-refractivity contribution < 1.29 is 14.6 Å². The van der Waals surface area contributed by atoms with Gasteiger partial charge in [-0.1, -0.05) is 31.9 Å². The van der Waals surface area contributed by atoms with Gasteiger partial charge in [-0.2, -0.15) is 0 Å². The Morgan fingerprint density at radius 3 is 2.77 bits per heavy atom. The second-order valence-corrected chi connectivity index (χ2v) is 8.86. The molecule has 0 heterocycles. The highest BCUT2D eigenvalue weighted by molar-refractivity contribution is 5.26. The summed E-state index contributed by atoms with van der Waals surface area (Å²) in [7, 11) is 0. The highest BCUT2D eigenvalue weighted by Gasteiger charge is 2.63. The summed E-state index contributed by atoms with van der Waals surface area (Å²) in [5.74, 6) is 0.793. The molecule has 2 nitrogen and oxygen atoms in total. The van der Waals surface area contributed by atoms with Crippen LogP contribution < -0.4 is 0 Å². The summed E-state index contributed by atoms with van der Waals surface area (Å²) < 4.78 is 14.2. The average molecular weight is 308 g/mol. The van der Waals surface area contributed by atoms with Crippen LogP contribution in [-0.2, 0) is 0 Å². The van der Waals surface area contributed by atoms with Crippen LogP contribution in [0.3, 0.4) is 0 Å². The van der Waals surface area contributed by atoms with Crippen LogP contribution in [0.5, 0.6) is 0 Å². The fourth-order valence-electron chi connectivity index (χ4n) is 6.78. The van der Waals surface area contributed by atoms with Crippen LogP contribution in [-0.4, -0.2) is 28.6 Å². The molecule has 2 N–H and O–H groups in total. The molecule has 4 aliphatic carbocycles. The van der Waals surface area contributed by atoms with Crippen molar-refractivity contribution >= 4 is 0 Å². The monoisotopic (exact) mass is 308 g/mol. The van der Waals surface area contributed by atoms with Gasteiger partial charge in [-0.25, -0.2) is 4.39 Å². The minimum absolute atomic E-state index is 0.0985. The maximum atomic E-state index is 14.2. The number of alkyl halides is 1. The highest BCUT2D eigenvalue weighted by Crippen LogP contribution is 2.65. The van der Waals surface area contributed by atoms with Gasteiger partial charge >= 0.3 is 0 Å². The van der Waals surface area contributed by atoms with Crippen molar-refractivity contribution in [3.8, 4) is 0 Å². The number of aliphatic hydroxyl groups excluding tert-OH is 2. The molecule has 0 aliphatic heterocycles. The van der Waals surface area contributed by atoms with Gasteiger partial charge in [0.2, 0.25) is 0 Å². The lowest BCUT2D eigenvalue weighted by molar-refractivity contribution is -0.135. The summed E-state index contributed by atoms with van der Waals surface area (Å²) in [6, 6.07) is 0. The van der Waals surface area contributed by atoms with Gasteiger partial charge in [-0.05, 0) is 61.7 Å². The van der Waals surface area contributed by atoms with Crippen LogP contribution in [0.1, 0.15) is 58.8 Å². The third-order valence-corrected chi connectivity index (χ3v) is 7.88. The zero-order valence-electron chi connectivity index (χ0n) is 13.8. The van der Waals surface area contributed by atoms with Crippen molar-refractivity contribution in [2.45, 2.75) is 77.2 Å². The van der Waals surface area contributed by atoms with E-state index in [1.807, 2.05) is 6.92 Å². The summed E-state index contributed by atoms with van der Waals surface area (Å²) in [6.45, 7) is 4.34. The Morgan fingerprint density at radius 1 is 1.23 bits per heavy atom. The topological polar surface area (TPSA) is 40.5 Å². The SMILES string of the molecule is C[C@]12CCCCC1=CC[C@@H]1[C@H]2C(O)C[C@]2(C)C(O)C(F)C[C@@H]12. The molecule has 0 bridgehead atoms. The lowest BCUT2D eigenvalue weighted by Crippen LogP contribution is -2.56. The smallest absolute Gasteiger partial charge is 0.127 e. The van der Waals surface area contributed by atoms with Crippen molar-refractivity contribution in [3.63, 3.8) is 0 Å². The van der Waals surface area contributed by atoms with Crippen molar-refractivity contribution in [2.24, 2.45) is 28.6 Å². The second-order valence-electron chi connectivity index (χ2n) is 8.86. The van der Waals surface area contributed by atoms with Crippen LogP contribution in [0.25, 0.3) is 0 Å². The van der Waals surface area contributed by atoms with Crippen molar-refractivity contribution in [3.05, 3.63) is 11.6 Å². The summed E-state index contributed by atoms with van der Waals surface area (Å²) in [5, 5.41) is 21.3. The molecule has 124 valence electrons. The standard InChI is InChI=1S/C19H29FO2/c1-18-8-4-3-5-11(18)6-7-12-13-9-14(20)17(22)19(13,2)10-15(21)16(12)18/h6,12-17,21-22H,3-5,7-10H2,1-2H3/t12-,13-,14?,15?,16-,17?,18-,19-/m0/s1. The van der Waals surface area contributed by atoms with Crippen LogP contribution >= 0.6 is 0 Å². The van der Waals surface area contributed by atoms with Crippen LogP contribution in [0.2, 0.25) is 0 Å². The fraction of sp³-hybridized carbons (Fsp3) is 0.895. The van der Waals surface area contributed by atoms with Gasteiger partial charge in [0.15, 0.2) is 0 Å². The molecule has 3 unspecified atom stereocenters. The highest BCUT2D eigenvalue weighted by atomic mass is 19.1. The molecule has 0 saturated heterocycles. The molecule has 4 aliphatic rings. The van der Waals surface area contributed by atoms with E-state index < -0.39 is 23.8 Å². The van der Waals surface area contributed by atoms with E-state index in [-0.39, 0.29) is 17.3 Å². The Kier molecular flexibility index (Phi) is 3.30. The van der Waals surface area contributed by atoms with E-state index in [4.69, 9.17) is 0 Å². The molecule has 3 fully saturated rings. The van der Waals surface area contributed by atoms with Gasteiger partial charge < -0.3 is 10.2 Å². The van der Waals surface area contributed by atoms with Crippen LogP contribution in [0.15, 0.2) is 11.6 Å². The van der Waals surface area contributed by atoms with Gasteiger partial charge in [-0.3, -0.25) is 0 Å². The molecule has 4 rings (SSSR count). The lowest BCUT2D eigenvalue weighted by atomic mass is 9.47. The summed E-state index contributed by atoms with van der Waals surface area (Å²) in [4.78, 5) is 0. The van der Waals surface area contributed by atoms with E-state index in [1.54, 1.807) is 0 Å². The minimum Gasteiger partial charge on any atom is -0.393 e. The maximum absolute atomic E-state index is 14.2. The third-order valence-electron chi connectivity index (χ3n) is 7.88. The first-order valence-electron chi connectivity index (χ1n) is 9.07. The average Bonchev–Trinajstić information content (AvgIpc) is 2.70. The molecule has 0 amide bonds. The van der Waals surface area contributed by atoms with Gasteiger partial charge in [0, 0.05) is 5.41 Å². The Labute approximate surface area is 132 Å². The molecule has 3 saturated carbocycles. The first-order chi connectivity index (χ1) is 10.4. The molecule has 22 heavy (non-hydrogen) atoms. The van der Waals surface area contributed by atoms with Crippen LogP contribution in [0, 0.1) is 28.6 Å². The number of halogens is 1. The number of rotatable bonds is 0. The zero-order valence-corrected chi connectivity index (χ0v) is 13.8. The lowest BCUT2D eigenvalue weighted by Gasteiger charge is -2.58. The molecule has 0 spiro atoms. The molecule has 0 aromatic rings. The molecule has 0 aromatic heterocycles. The summed E-state index contributed by atoms with van der Waals surface area (Å²) in [5.41, 5.74) is 1.19. The molecule has 0 radical (unpaired) electrons. The van der Waals surface area contributed by atoms with E-state index in [0.717, 1.165) is 12.8 Å². The van der Waals surface area contributed by atoms with E-state index in [0.29, 0.717) is 18.8 Å².